The van der Waals surface area contributed by atoms with Gasteiger partial charge < -0.3 is 25.3 Å². The minimum atomic E-state index is -0.0755. The first-order valence-corrected chi connectivity index (χ1v) is 8.30. The average molecular weight is 356 g/mol. The quantitative estimate of drug-likeness (QED) is 0.717. The highest BCUT2D eigenvalue weighted by Crippen LogP contribution is 2.34. The molecule has 0 bridgehead atoms. The van der Waals surface area contributed by atoms with E-state index in [1.807, 2.05) is 22.8 Å². The summed E-state index contributed by atoms with van der Waals surface area (Å²) >= 11 is 0. The van der Waals surface area contributed by atoms with Gasteiger partial charge in [-0.3, -0.25) is 4.57 Å². The Hall–Kier alpha value is -3.07. The van der Waals surface area contributed by atoms with Gasteiger partial charge in [0, 0.05) is 12.7 Å². The van der Waals surface area contributed by atoms with Crippen LogP contribution in [0.3, 0.4) is 0 Å². The average Bonchev–Trinajstić information content (AvgIpc) is 3.30. The number of hydrogen-bond acceptors (Lipinski definition) is 8. The first-order chi connectivity index (χ1) is 12.7. The second kappa shape index (κ2) is 6.68. The predicted octanol–water partition coefficient (Wildman–Crippen LogP) is 2.48. The third-order valence-electron chi connectivity index (χ3n) is 4.31. The molecule has 1 fully saturated rings. The molecule has 1 aliphatic heterocycles. The number of nitrogens with one attached hydrogen (secondary N) is 1. The second-order valence-corrected chi connectivity index (χ2v) is 5.91. The highest BCUT2D eigenvalue weighted by atomic mass is 16.5. The molecule has 1 aliphatic rings. The van der Waals surface area contributed by atoms with Crippen molar-refractivity contribution in [1.29, 1.82) is 0 Å². The van der Waals surface area contributed by atoms with Gasteiger partial charge in [-0.1, -0.05) is 0 Å². The summed E-state index contributed by atoms with van der Waals surface area (Å²) in [5.74, 6) is 1.99. The number of nitrogens with two attached hydrogens (primary N) is 1. The molecule has 3 N–H and O–H groups in total. The number of fused-ring (bicyclic) bond motifs is 1. The van der Waals surface area contributed by atoms with Crippen LogP contribution in [-0.2, 0) is 4.74 Å². The SMILES string of the molecule is COc1ccc(OC)c(Nc2nc(N)nc3c2ncn3C2CCCO2)c1. The summed E-state index contributed by atoms with van der Waals surface area (Å²) in [6, 6.07) is 5.45. The fourth-order valence-electron chi connectivity index (χ4n) is 3.05. The lowest BCUT2D eigenvalue weighted by Crippen LogP contribution is -2.08. The summed E-state index contributed by atoms with van der Waals surface area (Å²) in [6.45, 7) is 0.733. The number of rotatable bonds is 5. The van der Waals surface area contributed by atoms with Crippen LogP contribution in [0.1, 0.15) is 19.1 Å². The number of ether oxygens (including phenoxy) is 3. The van der Waals surface area contributed by atoms with Gasteiger partial charge in [0.1, 0.15) is 17.7 Å². The normalized spacial score (nSPS) is 16.8. The van der Waals surface area contributed by atoms with Crippen LogP contribution in [0.5, 0.6) is 11.5 Å². The van der Waals surface area contributed by atoms with Gasteiger partial charge in [-0.15, -0.1) is 0 Å². The third-order valence-corrected chi connectivity index (χ3v) is 4.31. The van der Waals surface area contributed by atoms with E-state index >= 15 is 0 Å². The summed E-state index contributed by atoms with van der Waals surface area (Å²) < 4.78 is 18.3. The lowest BCUT2D eigenvalue weighted by molar-refractivity contribution is 0.0593. The molecule has 1 aromatic carbocycles. The zero-order valence-electron chi connectivity index (χ0n) is 14.6. The predicted molar refractivity (Wildman–Crippen MR) is 96.8 cm³/mol. The van der Waals surface area contributed by atoms with Crippen molar-refractivity contribution in [2.45, 2.75) is 19.1 Å². The number of imidazole rings is 1. The molecule has 2 aromatic heterocycles. The Kier molecular flexibility index (Phi) is 4.21. The Morgan fingerprint density at radius 2 is 2.15 bits per heavy atom. The van der Waals surface area contributed by atoms with Crippen molar-refractivity contribution in [2.75, 3.05) is 31.9 Å². The summed E-state index contributed by atoms with van der Waals surface area (Å²) in [7, 11) is 3.21. The lowest BCUT2D eigenvalue weighted by atomic mass is 10.2. The molecule has 3 heterocycles. The Morgan fingerprint density at radius 1 is 1.27 bits per heavy atom. The maximum Gasteiger partial charge on any atom is 0.224 e. The molecule has 3 aromatic rings. The fraction of sp³-hybridized carbons (Fsp3) is 0.353. The van der Waals surface area contributed by atoms with Crippen LogP contribution in [-0.4, -0.2) is 40.3 Å². The van der Waals surface area contributed by atoms with Crippen molar-refractivity contribution in [2.24, 2.45) is 0 Å². The van der Waals surface area contributed by atoms with Gasteiger partial charge in [0.2, 0.25) is 5.95 Å². The van der Waals surface area contributed by atoms with Crippen LogP contribution in [0.2, 0.25) is 0 Å². The van der Waals surface area contributed by atoms with Crippen LogP contribution < -0.4 is 20.5 Å². The van der Waals surface area contributed by atoms with Crippen LogP contribution >= 0.6 is 0 Å². The molecular formula is C17H20N6O3. The van der Waals surface area contributed by atoms with E-state index in [2.05, 4.69) is 20.3 Å². The van der Waals surface area contributed by atoms with Crippen LogP contribution in [0.4, 0.5) is 17.5 Å². The third kappa shape index (κ3) is 2.86. The molecule has 136 valence electrons. The summed E-state index contributed by atoms with van der Waals surface area (Å²) in [5.41, 5.74) is 7.87. The van der Waals surface area contributed by atoms with Crippen LogP contribution in [0.15, 0.2) is 24.5 Å². The van der Waals surface area contributed by atoms with Crippen LogP contribution in [0, 0.1) is 0 Å². The minimum Gasteiger partial charge on any atom is -0.497 e. The molecule has 1 atom stereocenters. The van der Waals surface area contributed by atoms with Gasteiger partial charge in [0.05, 0.1) is 26.2 Å². The number of anilines is 3. The number of methoxy groups -OCH3 is 2. The minimum absolute atomic E-state index is 0.0755. The number of aromatic nitrogens is 4. The van der Waals surface area contributed by atoms with Gasteiger partial charge >= 0.3 is 0 Å². The van der Waals surface area contributed by atoms with E-state index in [-0.39, 0.29) is 12.2 Å². The molecule has 4 rings (SSSR count). The zero-order chi connectivity index (χ0) is 18.1. The van der Waals surface area contributed by atoms with Gasteiger partial charge in [-0.25, -0.2) is 4.98 Å². The van der Waals surface area contributed by atoms with Crippen molar-refractivity contribution in [3.63, 3.8) is 0 Å². The van der Waals surface area contributed by atoms with E-state index in [9.17, 15) is 0 Å². The van der Waals surface area contributed by atoms with E-state index in [0.29, 0.717) is 34.2 Å². The van der Waals surface area contributed by atoms with Crippen LogP contribution in [0.25, 0.3) is 11.2 Å². The van der Waals surface area contributed by atoms with E-state index in [0.717, 1.165) is 19.4 Å². The van der Waals surface area contributed by atoms with Gasteiger partial charge in [-0.05, 0) is 25.0 Å². The molecular weight excluding hydrogens is 336 g/mol. The second-order valence-electron chi connectivity index (χ2n) is 5.91. The van der Waals surface area contributed by atoms with E-state index in [4.69, 9.17) is 19.9 Å². The number of nitrogens with zero attached hydrogens (tertiary/aromatic N) is 4. The number of nitrogen functional groups attached to an aromatic ring is 1. The monoisotopic (exact) mass is 356 g/mol. The Balaban J connectivity index is 1.77. The van der Waals surface area contributed by atoms with Crippen molar-refractivity contribution < 1.29 is 14.2 Å². The molecule has 9 nitrogen and oxygen atoms in total. The summed E-state index contributed by atoms with van der Waals surface area (Å²) in [6.07, 6.45) is 3.57. The lowest BCUT2D eigenvalue weighted by Gasteiger charge is -2.14. The first-order valence-electron chi connectivity index (χ1n) is 8.30. The largest absolute Gasteiger partial charge is 0.497 e. The summed E-state index contributed by atoms with van der Waals surface area (Å²) in [4.78, 5) is 13.1. The van der Waals surface area contributed by atoms with Gasteiger partial charge in [0.25, 0.3) is 0 Å². The molecule has 0 spiro atoms. The van der Waals surface area contributed by atoms with E-state index < -0.39 is 0 Å². The molecule has 1 unspecified atom stereocenters. The van der Waals surface area contributed by atoms with Gasteiger partial charge in [-0.2, -0.15) is 9.97 Å². The highest BCUT2D eigenvalue weighted by molar-refractivity contribution is 5.87. The van der Waals surface area contributed by atoms with Crippen molar-refractivity contribution in [1.82, 2.24) is 19.5 Å². The van der Waals surface area contributed by atoms with E-state index in [1.165, 1.54) is 0 Å². The molecule has 1 saturated heterocycles. The zero-order valence-corrected chi connectivity index (χ0v) is 14.6. The van der Waals surface area contributed by atoms with E-state index in [1.54, 1.807) is 20.5 Å². The number of hydrogen-bond donors (Lipinski definition) is 2. The molecule has 0 amide bonds. The van der Waals surface area contributed by atoms with Gasteiger partial charge in [0.15, 0.2) is 17.0 Å². The summed E-state index contributed by atoms with van der Waals surface area (Å²) in [5, 5.41) is 3.23. The maximum atomic E-state index is 5.93. The molecule has 0 radical (unpaired) electrons. The number of benzene rings is 1. The van der Waals surface area contributed by atoms with Crippen molar-refractivity contribution in [3.05, 3.63) is 24.5 Å². The Bertz CT molecular complexity index is 936. The molecule has 0 saturated carbocycles. The Labute approximate surface area is 150 Å². The standard InChI is InChI=1S/C17H20N6O3/c1-24-10-5-6-12(25-2)11(8-10)20-15-14-16(22-17(18)21-15)23(9-19-14)13-4-3-7-26-13/h5-6,8-9,13H,3-4,7H2,1-2H3,(H3,18,20,21,22). The Morgan fingerprint density at radius 3 is 2.88 bits per heavy atom. The highest BCUT2D eigenvalue weighted by Gasteiger charge is 2.22. The van der Waals surface area contributed by atoms with Crippen molar-refractivity contribution in [3.8, 4) is 11.5 Å². The first kappa shape index (κ1) is 16.4. The smallest absolute Gasteiger partial charge is 0.224 e. The molecule has 0 aliphatic carbocycles. The fourth-order valence-corrected chi connectivity index (χ4v) is 3.05. The van der Waals surface area contributed by atoms with Crippen molar-refractivity contribution >= 4 is 28.6 Å². The molecule has 9 heteroatoms. The maximum absolute atomic E-state index is 5.93. The molecule has 26 heavy (non-hydrogen) atoms. The topological polar surface area (TPSA) is 109 Å².